The summed E-state index contributed by atoms with van der Waals surface area (Å²) < 4.78 is 0. The maximum atomic E-state index is 7.53. The molecule has 9 heteroatoms. The Morgan fingerprint density at radius 3 is 2.76 bits per heavy atom. The van der Waals surface area contributed by atoms with Gasteiger partial charge in [0.1, 0.15) is 11.7 Å². The molecule has 0 aromatic carbocycles. The lowest BCUT2D eigenvalue weighted by Gasteiger charge is -2.25. The molecule has 0 atom stereocenters. The van der Waals surface area contributed by atoms with Crippen LogP contribution in [0, 0.1) is 11.3 Å². The van der Waals surface area contributed by atoms with Gasteiger partial charge in [-0.25, -0.2) is 4.99 Å². The monoisotopic (exact) mass is 480 g/mol. The number of nitrogens with one attached hydrogen (secondary N) is 3. The second-order valence-electron chi connectivity index (χ2n) is 8.50. The van der Waals surface area contributed by atoms with Crippen molar-refractivity contribution >= 4 is 30.0 Å². The molecule has 0 bridgehead atoms. The van der Waals surface area contributed by atoms with E-state index in [1.54, 1.807) is 12.3 Å². The molecule has 0 unspecified atom stereocenters. The van der Waals surface area contributed by atoms with Crippen molar-refractivity contribution in [3.63, 3.8) is 0 Å². The molecule has 0 radical (unpaired) electrons. The predicted octanol–water partition coefficient (Wildman–Crippen LogP) is 2.63. The summed E-state index contributed by atoms with van der Waals surface area (Å²) in [5.74, 6) is 3.65. The molecule has 182 valence electrons. The Hall–Kier alpha value is -3.04. The molecule has 0 spiro atoms. The first-order valence-electron chi connectivity index (χ1n) is 11.7. The first-order chi connectivity index (χ1) is 16.5. The van der Waals surface area contributed by atoms with Gasteiger partial charge in [-0.15, -0.1) is 0 Å². The fourth-order valence-corrected chi connectivity index (χ4v) is 4.61. The highest BCUT2D eigenvalue weighted by Crippen LogP contribution is 2.22. The Labute approximate surface area is 206 Å². The highest BCUT2D eigenvalue weighted by atomic mass is 32.2. The van der Waals surface area contributed by atoms with Gasteiger partial charge < -0.3 is 32.4 Å². The first-order valence-corrected chi connectivity index (χ1v) is 12.8. The number of nitrogens with zero attached hydrogens (tertiary/aromatic N) is 3. The van der Waals surface area contributed by atoms with Crippen molar-refractivity contribution in [2.75, 3.05) is 37.7 Å². The molecule has 3 aliphatic heterocycles. The van der Waals surface area contributed by atoms with Gasteiger partial charge in [0.15, 0.2) is 0 Å². The zero-order valence-corrected chi connectivity index (χ0v) is 20.9. The zero-order chi connectivity index (χ0) is 24.3. The van der Waals surface area contributed by atoms with Crippen molar-refractivity contribution in [3.05, 3.63) is 70.6 Å². The van der Waals surface area contributed by atoms with Gasteiger partial charge in [-0.1, -0.05) is 13.8 Å². The number of aliphatic imine (C=N–C) groups is 2. The van der Waals surface area contributed by atoms with Crippen LogP contribution in [0.3, 0.4) is 0 Å². The van der Waals surface area contributed by atoms with E-state index in [4.69, 9.17) is 16.9 Å². The summed E-state index contributed by atoms with van der Waals surface area (Å²) in [7, 11) is 0. The lowest BCUT2D eigenvalue weighted by molar-refractivity contribution is 0.300. The number of allylic oxidation sites excluding steroid dienone is 6. The van der Waals surface area contributed by atoms with Crippen LogP contribution in [0.4, 0.5) is 0 Å². The summed E-state index contributed by atoms with van der Waals surface area (Å²) in [6.45, 7) is 8.28. The van der Waals surface area contributed by atoms with Gasteiger partial charge in [-0.05, 0) is 48.8 Å². The smallest absolute Gasteiger partial charge is 0.132 e. The average Bonchev–Trinajstić information content (AvgIpc) is 2.84. The van der Waals surface area contributed by atoms with Gasteiger partial charge in [0.2, 0.25) is 0 Å². The van der Waals surface area contributed by atoms with E-state index in [2.05, 4.69) is 25.5 Å². The minimum Gasteiger partial charge on any atom is -0.404 e. The number of hydrogen-bond donors (Lipinski definition) is 5. The molecular weight excluding hydrogens is 444 g/mol. The molecule has 0 amide bonds. The minimum atomic E-state index is 0.205. The summed E-state index contributed by atoms with van der Waals surface area (Å²) in [6, 6.07) is 0. The number of dihydropyridines is 2. The van der Waals surface area contributed by atoms with E-state index >= 15 is 0 Å². The van der Waals surface area contributed by atoms with Gasteiger partial charge in [0.25, 0.3) is 0 Å². The van der Waals surface area contributed by atoms with Gasteiger partial charge >= 0.3 is 0 Å². The Morgan fingerprint density at radius 1 is 1.26 bits per heavy atom. The van der Waals surface area contributed by atoms with Crippen molar-refractivity contribution in [1.29, 1.82) is 5.41 Å². The predicted molar refractivity (Wildman–Crippen MR) is 146 cm³/mol. The number of amidine groups is 1. The Kier molecular flexibility index (Phi) is 9.78. The molecule has 3 aliphatic rings. The van der Waals surface area contributed by atoms with Crippen molar-refractivity contribution in [1.82, 2.24) is 15.5 Å². The maximum Gasteiger partial charge on any atom is 0.132 e. The van der Waals surface area contributed by atoms with Crippen LogP contribution >= 0.6 is 11.8 Å². The first kappa shape index (κ1) is 25.6. The van der Waals surface area contributed by atoms with Crippen molar-refractivity contribution in [2.24, 2.45) is 27.4 Å². The molecular formula is C25H36N8S. The van der Waals surface area contributed by atoms with E-state index in [0.717, 1.165) is 47.6 Å². The van der Waals surface area contributed by atoms with Crippen LogP contribution in [0.15, 0.2) is 80.6 Å². The minimum absolute atomic E-state index is 0.205. The SMILES string of the molecule is CC(C)C(C=N)=CC(N)=NC1=CC=C2NC=C(C(C=NCCCN3CCSCC3)=CN)C=C2N1. The summed E-state index contributed by atoms with van der Waals surface area (Å²) in [5.41, 5.74) is 16.4. The van der Waals surface area contributed by atoms with E-state index in [1.165, 1.54) is 30.8 Å². The van der Waals surface area contributed by atoms with E-state index in [9.17, 15) is 0 Å². The second-order valence-corrected chi connectivity index (χ2v) is 9.73. The van der Waals surface area contributed by atoms with Crippen LogP contribution in [-0.4, -0.2) is 60.8 Å². The third-order valence-electron chi connectivity index (χ3n) is 5.65. The van der Waals surface area contributed by atoms with Crippen LogP contribution < -0.4 is 22.1 Å². The fourth-order valence-electron chi connectivity index (χ4n) is 3.63. The number of fused-ring (bicyclic) bond motifs is 1. The standard InChI is InChI=1S/C25H36N8S/c1-18(2)19(14-26)13-24(28)32-25-5-4-22-23(31-25)12-20(17-30-22)21(15-27)16-29-6-3-7-33-8-10-34-11-9-33/h4-5,12-18,26,30-31H,3,6-11,27H2,1-2H3,(H2,28,32). The fraction of sp³-hybridized carbons (Fsp3) is 0.400. The number of nitrogens with two attached hydrogens (primary N) is 2. The van der Waals surface area contributed by atoms with Crippen molar-refractivity contribution < 1.29 is 0 Å². The quantitative estimate of drug-likeness (QED) is 0.186. The zero-order valence-electron chi connectivity index (χ0n) is 20.1. The Bertz CT molecular complexity index is 988. The number of thioether (sulfide) groups is 1. The van der Waals surface area contributed by atoms with Gasteiger partial charge in [-0.3, -0.25) is 4.99 Å². The van der Waals surface area contributed by atoms with Crippen LogP contribution in [0.1, 0.15) is 20.3 Å². The normalized spacial score (nSPS) is 20.1. The van der Waals surface area contributed by atoms with Crippen LogP contribution in [0.25, 0.3) is 0 Å². The maximum absolute atomic E-state index is 7.53. The van der Waals surface area contributed by atoms with E-state index < -0.39 is 0 Å². The van der Waals surface area contributed by atoms with Gasteiger partial charge in [-0.2, -0.15) is 11.8 Å². The third kappa shape index (κ3) is 7.50. The molecule has 8 nitrogen and oxygen atoms in total. The topological polar surface area (TPSA) is 128 Å². The van der Waals surface area contributed by atoms with Crippen LogP contribution in [0.2, 0.25) is 0 Å². The molecule has 0 aliphatic carbocycles. The highest BCUT2D eigenvalue weighted by Gasteiger charge is 2.16. The number of hydrogen-bond acceptors (Lipinski definition) is 8. The molecule has 1 saturated heterocycles. The molecule has 1 fully saturated rings. The number of rotatable bonds is 10. The van der Waals surface area contributed by atoms with Crippen molar-refractivity contribution in [3.8, 4) is 0 Å². The molecule has 0 aromatic rings. The largest absolute Gasteiger partial charge is 0.404 e. The summed E-state index contributed by atoms with van der Waals surface area (Å²) in [4.78, 5) is 11.6. The van der Waals surface area contributed by atoms with Gasteiger partial charge in [0.05, 0.1) is 11.4 Å². The third-order valence-corrected chi connectivity index (χ3v) is 6.59. The molecule has 3 heterocycles. The average molecular weight is 481 g/mol. The summed E-state index contributed by atoms with van der Waals surface area (Å²) >= 11 is 2.03. The summed E-state index contributed by atoms with van der Waals surface area (Å²) in [6.07, 6.45) is 15.3. The second kappa shape index (κ2) is 13.0. The Balaban J connectivity index is 1.59. The van der Waals surface area contributed by atoms with Crippen LogP contribution in [0.5, 0.6) is 0 Å². The van der Waals surface area contributed by atoms with Crippen molar-refractivity contribution in [2.45, 2.75) is 20.3 Å². The van der Waals surface area contributed by atoms with Gasteiger partial charge in [0, 0.05) is 67.1 Å². The van der Waals surface area contributed by atoms with E-state index in [1.807, 2.05) is 56.3 Å². The molecule has 3 rings (SSSR count). The Morgan fingerprint density at radius 2 is 2.06 bits per heavy atom. The van der Waals surface area contributed by atoms with Crippen LogP contribution in [-0.2, 0) is 0 Å². The molecule has 34 heavy (non-hydrogen) atoms. The van der Waals surface area contributed by atoms with E-state index in [0.29, 0.717) is 11.7 Å². The summed E-state index contributed by atoms with van der Waals surface area (Å²) in [5, 5.41) is 14.1. The highest BCUT2D eigenvalue weighted by molar-refractivity contribution is 7.99. The molecule has 0 saturated carbocycles. The van der Waals surface area contributed by atoms with E-state index in [-0.39, 0.29) is 5.92 Å². The molecule has 7 N–H and O–H groups in total. The lowest BCUT2D eigenvalue weighted by atomic mass is 10.0. The lowest BCUT2D eigenvalue weighted by Crippen LogP contribution is -2.33. The molecule has 0 aromatic heterocycles.